The summed E-state index contributed by atoms with van der Waals surface area (Å²) in [6, 6.07) is 0.157. The van der Waals surface area contributed by atoms with E-state index in [1.807, 2.05) is 14.0 Å². The van der Waals surface area contributed by atoms with Gasteiger partial charge in [0.2, 0.25) is 5.91 Å². The van der Waals surface area contributed by atoms with E-state index in [4.69, 9.17) is 10.5 Å². The summed E-state index contributed by atoms with van der Waals surface area (Å²) in [5, 5.41) is 0. The Morgan fingerprint density at radius 2 is 2.43 bits per heavy atom. The van der Waals surface area contributed by atoms with Gasteiger partial charge in [-0.2, -0.15) is 0 Å². The van der Waals surface area contributed by atoms with Gasteiger partial charge in [0, 0.05) is 26.2 Å². The van der Waals surface area contributed by atoms with Crippen molar-refractivity contribution in [2.75, 3.05) is 26.8 Å². The zero-order valence-electron chi connectivity index (χ0n) is 9.03. The molecule has 1 fully saturated rings. The monoisotopic (exact) mass is 200 g/mol. The van der Waals surface area contributed by atoms with Crippen LogP contribution in [0.4, 0.5) is 0 Å². The van der Waals surface area contributed by atoms with Gasteiger partial charge in [0.25, 0.3) is 0 Å². The van der Waals surface area contributed by atoms with Crippen LogP contribution in [0.2, 0.25) is 0 Å². The van der Waals surface area contributed by atoms with E-state index in [0.29, 0.717) is 6.61 Å². The average molecular weight is 200 g/mol. The van der Waals surface area contributed by atoms with Gasteiger partial charge in [0.15, 0.2) is 0 Å². The maximum atomic E-state index is 11.8. The highest BCUT2D eigenvalue weighted by atomic mass is 16.5. The number of hydrogen-bond acceptors (Lipinski definition) is 3. The van der Waals surface area contributed by atoms with Crippen molar-refractivity contribution < 1.29 is 9.53 Å². The first kappa shape index (κ1) is 11.5. The zero-order valence-corrected chi connectivity index (χ0v) is 9.03. The topological polar surface area (TPSA) is 55.6 Å². The smallest absolute Gasteiger partial charge is 0.227 e. The molecule has 2 unspecified atom stereocenters. The number of hydrogen-bond donors (Lipinski definition) is 1. The standard InChI is InChI=1S/C10H20N2O2/c1-8(11)3-5-12(2)10(13)9-4-6-14-7-9/h8-9H,3-7,11H2,1-2H3. The largest absolute Gasteiger partial charge is 0.381 e. The first-order valence-electron chi connectivity index (χ1n) is 5.19. The van der Waals surface area contributed by atoms with Gasteiger partial charge in [-0.15, -0.1) is 0 Å². The molecule has 1 aliphatic rings. The van der Waals surface area contributed by atoms with Crippen LogP contribution in [0, 0.1) is 5.92 Å². The van der Waals surface area contributed by atoms with Crippen LogP contribution >= 0.6 is 0 Å². The molecule has 2 atom stereocenters. The van der Waals surface area contributed by atoms with Crippen LogP contribution in [0.1, 0.15) is 19.8 Å². The van der Waals surface area contributed by atoms with E-state index < -0.39 is 0 Å². The third-order valence-corrected chi connectivity index (χ3v) is 2.58. The maximum Gasteiger partial charge on any atom is 0.227 e. The second-order valence-electron chi connectivity index (χ2n) is 4.09. The van der Waals surface area contributed by atoms with Crippen molar-refractivity contribution in [1.29, 1.82) is 0 Å². The van der Waals surface area contributed by atoms with Gasteiger partial charge in [0.1, 0.15) is 0 Å². The number of carbonyl (C=O) groups is 1. The Hall–Kier alpha value is -0.610. The lowest BCUT2D eigenvalue weighted by Crippen LogP contribution is -2.35. The van der Waals surface area contributed by atoms with Crippen molar-refractivity contribution >= 4 is 5.91 Å². The van der Waals surface area contributed by atoms with Gasteiger partial charge in [-0.1, -0.05) is 0 Å². The quantitative estimate of drug-likeness (QED) is 0.706. The van der Waals surface area contributed by atoms with Gasteiger partial charge in [-0.05, 0) is 19.8 Å². The first-order chi connectivity index (χ1) is 6.61. The highest BCUT2D eigenvalue weighted by Gasteiger charge is 2.25. The molecule has 0 bridgehead atoms. The highest BCUT2D eigenvalue weighted by Crippen LogP contribution is 2.14. The number of ether oxygens (including phenoxy) is 1. The molecule has 0 radical (unpaired) electrons. The summed E-state index contributed by atoms with van der Waals surface area (Å²) in [4.78, 5) is 13.5. The lowest BCUT2D eigenvalue weighted by atomic mass is 10.1. The van der Waals surface area contributed by atoms with Crippen LogP contribution in [0.15, 0.2) is 0 Å². The maximum absolute atomic E-state index is 11.8. The summed E-state index contributed by atoms with van der Waals surface area (Å²) in [5.74, 6) is 0.274. The summed E-state index contributed by atoms with van der Waals surface area (Å²) < 4.78 is 5.18. The Morgan fingerprint density at radius 1 is 1.71 bits per heavy atom. The molecule has 82 valence electrons. The van der Waals surface area contributed by atoms with E-state index in [9.17, 15) is 4.79 Å². The molecule has 1 heterocycles. The number of nitrogens with two attached hydrogens (primary N) is 1. The molecule has 14 heavy (non-hydrogen) atoms. The van der Waals surface area contributed by atoms with E-state index in [1.54, 1.807) is 4.90 Å². The lowest BCUT2D eigenvalue weighted by Gasteiger charge is -2.21. The predicted octanol–water partition coefficient (Wildman–Crippen LogP) is 0.219. The molecule has 0 saturated carbocycles. The fourth-order valence-corrected chi connectivity index (χ4v) is 1.55. The summed E-state index contributed by atoms with van der Waals surface area (Å²) >= 11 is 0. The van der Waals surface area contributed by atoms with E-state index >= 15 is 0 Å². The Bertz CT molecular complexity index is 189. The van der Waals surface area contributed by atoms with Crippen LogP contribution in [0.3, 0.4) is 0 Å². The lowest BCUT2D eigenvalue weighted by molar-refractivity contribution is -0.134. The molecule has 0 aromatic carbocycles. The number of amides is 1. The Morgan fingerprint density at radius 3 is 2.93 bits per heavy atom. The van der Waals surface area contributed by atoms with Crippen molar-refractivity contribution in [3.8, 4) is 0 Å². The van der Waals surface area contributed by atoms with Crippen molar-refractivity contribution in [2.24, 2.45) is 11.7 Å². The van der Waals surface area contributed by atoms with Gasteiger partial charge in [-0.25, -0.2) is 0 Å². The molecule has 0 aromatic rings. The third-order valence-electron chi connectivity index (χ3n) is 2.58. The fraction of sp³-hybridized carbons (Fsp3) is 0.900. The van der Waals surface area contributed by atoms with Crippen molar-refractivity contribution in [3.05, 3.63) is 0 Å². The minimum atomic E-state index is 0.0769. The number of carbonyl (C=O) groups excluding carboxylic acids is 1. The Balaban J connectivity index is 2.28. The average Bonchev–Trinajstić information content (AvgIpc) is 2.65. The molecule has 1 saturated heterocycles. The predicted molar refractivity (Wildman–Crippen MR) is 54.8 cm³/mol. The minimum Gasteiger partial charge on any atom is -0.381 e. The van der Waals surface area contributed by atoms with Crippen LogP contribution in [-0.4, -0.2) is 43.7 Å². The van der Waals surface area contributed by atoms with Crippen LogP contribution < -0.4 is 5.73 Å². The molecular formula is C10H20N2O2. The summed E-state index contributed by atoms with van der Waals surface area (Å²) in [6.45, 7) is 4.00. The molecule has 1 rings (SSSR count). The summed E-state index contributed by atoms with van der Waals surface area (Å²) in [5.41, 5.74) is 5.63. The van der Waals surface area contributed by atoms with Crippen molar-refractivity contribution in [2.45, 2.75) is 25.8 Å². The molecule has 4 nitrogen and oxygen atoms in total. The third kappa shape index (κ3) is 3.27. The summed E-state index contributed by atoms with van der Waals surface area (Å²) in [6.07, 6.45) is 1.72. The van der Waals surface area contributed by atoms with E-state index in [2.05, 4.69) is 0 Å². The Labute approximate surface area is 85.4 Å². The number of nitrogens with zero attached hydrogens (tertiary/aromatic N) is 1. The van der Waals surface area contributed by atoms with Crippen molar-refractivity contribution in [3.63, 3.8) is 0 Å². The molecule has 1 aliphatic heterocycles. The van der Waals surface area contributed by atoms with Gasteiger partial charge < -0.3 is 15.4 Å². The van der Waals surface area contributed by atoms with Gasteiger partial charge >= 0.3 is 0 Å². The van der Waals surface area contributed by atoms with E-state index in [1.165, 1.54) is 0 Å². The zero-order chi connectivity index (χ0) is 10.6. The van der Waals surface area contributed by atoms with E-state index in [-0.39, 0.29) is 17.9 Å². The molecule has 2 N–H and O–H groups in total. The molecule has 4 heteroatoms. The van der Waals surface area contributed by atoms with E-state index in [0.717, 1.165) is 26.0 Å². The summed E-state index contributed by atoms with van der Waals surface area (Å²) in [7, 11) is 1.84. The fourth-order valence-electron chi connectivity index (χ4n) is 1.55. The molecule has 0 aromatic heterocycles. The second-order valence-corrected chi connectivity index (χ2v) is 4.09. The SMILES string of the molecule is CC(N)CCN(C)C(=O)C1CCOC1. The Kier molecular flexibility index (Phi) is 4.35. The normalized spacial score (nSPS) is 23.5. The van der Waals surface area contributed by atoms with Crippen LogP contribution in [0.25, 0.3) is 0 Å². The van der Waals surface area contributed by atoms with Gasteiger partial charge in [0.05, 0.1) is 12.5 Å². The van der Waals surface area contributed by atoms with Crippen LogP contribution in [-0.2, 0) is 9.53 Å². The van der Waals surface area contributed by atoms with Crippen LogP contribution in [0.5, 0.6) is 0 Å². The first-order valence-corrected chi connectivity index (χ1v) is 5.19. The molecule has 0 spiro atoms. The molecule has 1 amide bonds. The van der Waals surface area contributed by atoms with Gasteiger partial charge in [-0.3, -0.25) is 4.79 Å². The minimum absolute atomic E-state index is 0.0769. The highest BCUT2D eigenvalue weighted by molar-refractivity contribution is 5.78. The second kappa shape index (κ2) is 5.32. The molecule has 0 aliphatic carbocycles. The van der Waals surface area contributed by atoms with Crippen molar-refractivity contribution in [1.82, 2.24) is 4.90 Å². The number of rotatable bonds is 4. The molecular weight excluding hydrogens is 180 g/mol.